The summed E-state index contributed by atoms with van der Waals surface area (Å²) in [5.41, 5.74) is 9.82. The SMILES string of the molecule is [CH2-]c1c(C2CCCCC2)c2c3c(c1C1CCCCC1)CC=CC3CC=C2. The third kappa shape index (κ3) is 2.68. The van der Waals surface area contributed by atoms with Crippen LogP contribution in [0.2, 0.25) is 0 Å². The van der Waals surface area contributed by atoms with Gasteiger partial charge in [0.2, 0.25) is 0 Å². The molecule has 0 N–H and O–H groups in total. The van der Waals surface area contributed by atoms with Gasteiger partial charge in [-0.25, -0.2) is 0 Å². The van der Waals surface area contributed by atoms with Crippen molar-refractivity contribution >= 4 is 6.08 Å². The summed E-state index contributed by atoms with van der Waals surface area (Å²) in [6.45, 7) is 4.78. The molecule has 1 atom stereocenters. The summed E-state index contributed by atoms with van der Waals surface area (Å²) < 4.78 is 0. The molecule has 4 aliphatic rings. The van der Waals surface area contributed by atoms with Gasteiger partial charge in [0.1, 0.15) is 0 Å². The van der Waals surface area contributed by atoms with E-state index < -0.39 is 0 Å². The Hall–Kier alpha value is -1.43. The highest BCUT2D eigenvalue weighted by Crippen LogP contribution is 2.49. The quantitative estimate of drug-likeness (QED) is 0.383. The molecule has 1 aromatic carbocycles. The molecule has 0 heterocycles. The second-order valence-electron chi connectivity index (χ2n) is 9.16. The van der Waals surface area contributed by atoms with Crippen LogP contribution in [-0.4, -0.2) is 0 Å². The van der Waals surface area contributed by atoms with Gasteiger partial charge in [0.05, 0.1) is 0 Å². The second-order valence-corrected chi connectivity index (χ2v) is 9.16. The standard InChI is InChI=1S/C26H33/c1-18-24(19-10-4-2-5-11-19)22-16-8-14-21-15-9-17-23(26(21)22)25(18)20-12-6-3-7-13-20/h8-9,14,17,19-21H,1-7,10-13,15-16H2/q-1. The van der Waals surface area contributed by atoms with Crippen molar-refractivity contribution in [3.63, 3.8) is 0 Å². The van der Waals surface area contributed by atoms with Gasteiger partial charge in [0.15, 0.2) is 0 Å². The van der Waals surface area contributed by atoms with Crippen LogP contribution in [0.5, 0.6) is 0 Å². The molecule has 1 unspecified atom stereocenters. The van der Waals surface area contributed by atoms with Crippen LogP contribution in [0.1, 0.15) is 122 Å². The van der Waals surface area contributed by atoms with E-state index in [9.17, 15) is 0 Å². The lowest BCUT2D eigenvalue weighted by Crippen LogP contribution is -2.21. The topological polar surface area (TPSA) is 0 Å². The van der Waals surface area contributed by atoms with Crippen LogP contribution in [0, 0.1) is 6.92 Å². The fourth-order valence-corrected chi connectivity index (χ4v) is 6.48. The minimum atomic E-state index is 0.629. The minimum absolute atomic E-state index is 0.629. The summed E-state index contributed by atoms with van der Waals surface area (Å²) in [7, 11) is 0. The normalized spacial score (nSPS) is 26.1. The van der Waals surface area contributed by atoms with Crippen molar-refractivity contribution in [2.75, 3.05) is 0 Å². The van der Waals surface area contributed by atoms with Crippen molar-refractivity contribution in [2.45, 2.75) is 94.8 Å². The van der Waals surface area contributed by atoms with E-state index in [1.54, 1.807) is 27.8 Å². The van der Waals surface area contributed by atoms with Gasteiger partial charge in [-0.05, 0) is 12.8 Å². The molecular weight excluding hydrogens is 312 g/mol. The van der Waals surface area contributed by atoms with E-state index in [1.165, 1.54) is 76.2 Å². The van der Waals surface area contributed by atoms with Crippen molar-refractivity contribution in [3.8, 4) is 0 Å². The van der Waals surface area contributed by atoms with E-state index in [-0.39, 0.29) is 0 Å². The number of benzene rings is 1. The molecule has 0 radical (unpaired) electrons. The Morgan fingerprint density at radius 1 is 0.731 bits per heavy atom. The second kappa shape index (κ2) is 6.95. The maximum Gasteiger partial charge on any atom is 0.00408 e. The first kappa shape index (κ1) is 16.7. The van der Waals surface area contributed by atoms with Crippen LogP contribution in [0.25, 0.3) is 6.08 Å². The van der Waals surface area contributed by atoms with Gasteiger partial charge in [-0.1, -0.05) is 117 Å². The molecule has 0 spiro atoms. The van der Waals surface area contributed by atoms with Gasteiger partial charge < -0.3 is 0 Å². The number of rotatable bonds is 2. The van der Waals surface area contributed by atoms with Gasteiger partial charge in [0.25, 0.3) is 0 Å². The van der Waals surface area contributed by atoms with Crippen LogP contribution in [0.3, 0.4) is 0 Å². The van der Waals surface area contributed by atoms with Crippen LogP contribution >= 0.6 is 0 Å². The van der Waals surface area contributed by atoms with Crippen molar-refractivity contribution in [1.29, 1.82) is 0 Å². The van der Waals surface area contributed by atoms with Gasteiger partial charge in [-0.3, -0.25) is 0 Å². The van der Waals surface area contributed by atoms with Gasteiger partial charge in [-0.2, -0.15) is 12.5 Å². The summed E-state index contributed by atoms with van der Waals surface area (Å²) in [4.78, 5) is 0. The summed E-state index contributed by atoms with van der Waals surface area (Å²) in [5, 5.41) is 0. The Kier molecular flexibility index (Phi) is 4.47. The number of hydrogen-bond donors (Lipinski definition) is 0. The Labute approximate surface area is 159 Å². The first-order valence-electron chi connectivity index (χ1n) is 11.2. The number of allylic oxidation sites excluding steroid dienone is 3. The fourth-order valence-electron chi connectivity index (χ4n) is 6.48. The molecule has 0 saturated heterocycles. The van der Waals surface area contributed by atoms with E-state index >= 15 is 0 Å². The zero-order chi connectivity index (χ0) is 17.5. The average molecular weight is 346 g/mol. The van der Waals surface area contributed by atoms with E-state index in [4.69, 9.17) is 6.92 Å². The monoisotopic (exact) mass is 345 g/mol. The largest absolute Gasteiger partial charge is 0.198 e. The molecule has 26 heavy (non-hydrogen) atoms. The molecule has 0 amide bonds. The van der Waals surface area contributed by atoms with Gasteiger partial charge >= 0.3 is 0 Å². The molecule has 138 valence electrons. The zero-order valence-electron chi connectivity index (χ0n) is 16.2. The molecule has 4 aliphatic carbocycles. The van der Waals surface area contributed by atoms with E-state index in [1.807, 2.05) is 0 Å². The maximum atomic E-state index is 4.78. The summed E-state index contributed by atoms with van der Waals surface area (Å²) in [6, 6.07) is 0. The average Bonchev–Trinajstić information content (AvgIpc) is 2.70. The first-order valence-corrected chi connectivity index (χ1v) is 11.2. The highest BCUT2D eigenvalue weighted by Gasteiger charge is 2.28. The van der Waals surface area contributed by atoms with Gasteiger partial charge in [-0.15, -0.1) is 11.1 Å². The van der Waals surface area contributed by atoms with Crippen molar-refractivity contribution in [3.05, 3.63) is 58.5 Å². The lowest BCUT2D eigenvalue weighted by Gasteiger charge is -2.43. The molecule has 0 bridgehead atoms. The maximum absolute atomic E-state index is 4.78. The molecule has 0 aromatic heterocycles. The Bertz CT molecular complexity index is 736. The predicted octanol–water partition coefficient (Wildman–Crippen LogP) is 7.58. The Morgan fingerprint density at radius 3 is 2.08 bits per heavy atom. The highest BCUT2D eigenvalue weighted by molar-refractivity contribution is 5.71. The van der Waals surface area contributed by atoms with Crippen molar-refractivity contribution < 1.29 is 0 Å². The van der Waals surface area contributed by atoms with Crippen molar-refractivity contribution in [2.24, 2.45) is 0 Å². The molecule has 2 saturated carbocycles. The summed E-state index contributed by atoms with van der Waals surface area (Å²) >= 11 is 0. The first-order chi connectivity index (χ1) is 12.8. The lowest BCUT2D eigenvalue weighted by atomic mass is 9.67. The lowest BCUT2D eigenvalue weighted by molar-refractivity contribution is 0.431. The van der Waals surface area contributed by atoms with E-state index in [2.05, 4.69) is 24.3 Å². The van der Waals surface area contributed by atoms with Crippen LogP contribution in [0.15, 0.2) is 18.2 Å². The zero-order valence-corrected chi connectivity index (χ0v) is 16.2. The predicted molar refractivity (Wildman–Crippen MR) is 112 cm³/mol. The Balaban J connectivity index is 1.72. The summed E-state index contributed by atoms with van der Waals surface area (Å²) in [6.07, 6.45) is 26.2. The van der Waals surface area contributed by atoms with E-state index in [0.29, 0.717) is 5.92 Å². The van der Waals surface area contributed by atoms with Crippen LogP contribution in [-0.2, 0) is 6.42 Å². The Morgan fingerprint density at radius 2 is 1.38 bits per heavy atom. The van der Waals surface area contributed by atoms with E-state index in [0.717, 1.165) is 18.3 Å². The molecular formula is C26H33-. The molecule has 1 aromatic rings. The highest BCUT2D eigenvalue weighted by atomic mass is 14.4. The van der Waals surface area contributed by atoms with Crippen molar-refractivity contribution in [1.82, 2.24) is 0 Å². The third-order valence-corrected chi connectivity index (χ3v) is 7.64. The molecule has 5 rings (SSSR count). The molecule has 0 nitrogen and oxygen atoms in total. The third-order valence-electron chi connectivity index (χ3n) is 7.64. The minimum Gasteiger partial charge on any atom is -0.198 e. The van der Waals surface area contributed by atoms with Crippen LogP contribution in [0.4, 0.5) is 0 Å². The molecule has 0 aliphatic heterocycles. The van der Waals surface area contributed by atoms with Gasteiger partial charge in [0, 0.05) is 5.92 Å². The fraction of sp³-hybridized carbons (Fsp3) is 0.577. The number of hydrogen-bond acceptors (Lipinski definition) is 0. The van der Waals surface area contributed by atoms with Crippen LogP contribution < -0.4 is 0 Å². The molecule has 0 heteroatoms. The smallest absolute Gasteiger partial charge is 0.00408 e. The molecule has 2 fully saturated rings. The summed E-state index contributed by atoms with van der Waals surface area (Å²) in [5.74, 6) is 2.16.